The van der Waals surface area contributed by atoms with Crippen molar-refractivity contribution >= 4 is 23.9 Å². The Bertz CT molecular complexity index is 849. The van der Waals surface area contributed by atoms with Crippen molar-refractivity contribution in [2.24, 2.45) is 5.92 Å². The highest BCUT2D eigenvalue weighted by molar-refractivity contribution is 5.93. The van der Waals surface area contributed by atoms with E-state index >= 15 is 0 Å². The van der Waals surface area contributed by atoms with Crippen LogP contribution < -0.4 is 10.6 Å². The Labute approximate surface area is 199 Å². The molecule has 34 heavy (non-hydrogen) atoms. The number of aromatic hydroxyl groups is 1. The van der Waals surface area contributed by atoms with Crippen LogP contribution in [0.25, 0.3) is 0 Å². The van der Waals surface area contributed by atoms with Gasteiger partial charge in [-0.1, -0.05) is 26.0 Å². The standard InChI is InChI=1S/C23H35N3O8/c1-14(2)18(25-22(32)34-23(3,4)5)21(31)26(11-12-27)19(15-7-9-16(28)10-8-15)20(30)24-13-17(29)33-6/h7-10,14,18-19,27-28H,11-13H2,1-6H3,(H,24,30)(H,25,32). The lowest BCUT2D eigenvalue weighted by Crippen LogP contribution is -2.55. The van der Waals surface area contributed by atoms with E-state index in [1.807, 2.05) is 0 Å². The van der Waals surface area contributed by atoms with E-state index in [4.69, 9.17) is 4.74 Å². The van der Waals surface area contributed by atoms with E-state index < -0.39 is 54.7 Å². The van der Waals surface area contributed by atoms with Gasteiger partial charge < -0.3 is 35.2 Å². The number of nitrogens with zero attached hydrogens (tertiary/aromatic N) is 1. The molecule has 0 saturated carbocycles. The first-order valence-electron chi connectivity index (χ1n) is 10.8. The summed E-state index contributed by atoms with van der Waals surface area (Å²) in [6, 6.07) is 3.23. The maximum Gasteiger partial charge on any atom is 0.408 e. The lowest BCUT2D eigenvalue weighted by atomic mass is 9.99. The van der Waals surface area contributed by atoms with Crippen LogP contribution in [0.4, 0.5) is 4.79 Å². The minimum absolute atomic E-state index is 0.0517. The summed E-state index contributed by atoms with van der Waals surface area (Å²) in [5.41, 5.74) is -0.469. The molecule has 0 radical (unpaired) electrons. The maximum absolute atomic E-state index is 13.6. The van der Waals surface area contributed by atoms with Crippen molar-refractivity contribution in [2.75, 3.05) is 26.8 Å². The number of ether oxygens (including phenoxy) is 2. The first kappa shape index (κ1) is 28.7. The number of esters is 1. The first-order chi connectivity index (χ1) is 15.8. The summed E-state index contributed by atoms with van der Waals surface area (Å²) >= 11 is 0. The largest absolute Gasteiger partial charge is 0.508 e. The normalized spacial score (nSPS) is 12.9. The molecule has 0 bridgehead atoms. The van der Waals surface area contributed by atoms with Crippen molar-refractivity contribution in [1.29, 1.82) is 0 Å². The van der Waals surface area contributed by atoms with E-state index in [9.17, 15) is 29.4 Å². The van der Waals surface area contributed by atoms with Crippen LogP contribution in [0.2, 0.25) is 0 Å². The number of carbonyl (C=O) groups is 4. The van der Waals surface area contributed by atoms with Crippen LogP contribution >= 0.6 is 0 Å². The number of aliphatic hydroxyl groups is 1. The molecule has 0 spiro atoms. The number of phenols is 1. The van der Waals surface area contributed by atoms with E-state index in [-0.39, 0.29) is 18.2 Å². The van der Waals surface area contributed by atoms with Gasteiger partial charge in [0.1, 0.15) is 30.0 Å². The molecule has 0 aliphatic heterocycles. The van der Waals surface area contributed by atoms with Crippen LogP contribution in [-0.4, -0.2) is 77.4 Å². The first-order valence-corrected chi connectivity index (χ1v) is 10.8. The van der Waals surface area contributed by atoms with Gasteiger partial charge in [-0.3, -0.25) is 14.4 Å². The summed E-state index contributed by atoms with van der Waals surface area (Å²) in [4.78, 5) is 51.7. The number of rotatable bonds is 10. The van der Waals surface area contributed by atoms with Crippen molar-refractivity contribution in [3.05, 3.63) is 29.8 Å². The van der Waals surface area contributed by atoms with Crippen molar-refractivity contribution in [1.82, 2.24) is 15.5 Å². The highest BCUT2D eigenvalue weighted by Gasteiger charge is 2.37. The fourth-order valence-corrected chi connectivity index (χ4v) is 3.06. The highest BCUT2D eigenvalue weighted by Crippen LogP contribution is 2.25. The van der Waals surface area contributed by atoms with Crippen molar-refractivity contribution in [3.8, 4) is 5.75 Å². The molecule has 2 atom stereocenters. The molecule has 0 saturated heterocycles. The number of aliphatic hydroxyl groups excluding tert-OH is 1. The van der Waals surface area contributed by atoms with Gasteiger partial charge in [-0.15, -0.1) is 0 Å². The Hall–Kier alpha value is -3.34. The lowest BCUT2D eigenvalue weighted by Gasteiger charge is -2.35. The van der Waals surface area contributed by atoms with Crippen LogP contribution in [0, 0.1) is 5.92 Å². The number of carbonyl (C=O) groups excluding carboxylic acids is 4. The number of benzene rings is 1. The van der Waals surface area contributed by atoms with Gasteiger partial charge in [0, 0.05) is 6.54 Å². The van der Waals surface area contributed by atoms with E-state index in [1.165, 1.54) is 31.4 Å². The summed E-state index contributed by atoms with van der Waals surface area (Å²) in [5, 5.41) is 24.3. The van der Waals surface area contributed by atoms with Crippen LogP contribution in [0.5, 0.6) is 5.75 Å². The monoisotopic (exact) mass is 481 g/mol. The molecule has 0 heterocycles. The molecular formula is C23H35N3O8. The van der Waals surface area contributed by atoms with Crippen LogP contribution in [0.3, 0.4) is 0 Å². The molecule has 11 nitrogen and oxygen atoms in total. The number of nitrogens with one attached hydrogen (secondary N) is 2. The lowest BCUT2D eigenvalue weighted by molar-refractivity contribution is -0.145. The molecule has 2 unspecified atom stereocenters. The number of alkyl carbamates (subject to hydrolysis) is 1. The Morgan fingerprint density at radius 3 is 2.15 bits per heavy atom. The molecule has 0 aliphatic rings. The average Bonchev–Trinajstić information content (AvgIpc) is 2.74. The number of hydrogen-bond acceptors (Lipinski definition) is 8. The van der Waals surface area contributed by atoms with Crippen molar-refractivity contribution in [3.63, 3.8) is 0 Å². The number of hydrogen-bond donors (Lipinski definition) is 4. The van der Waals surface area contributed by atoms with Crippen molar-refractivity contribution < 1.29 is 38.9 Å². The van der Waals surface area contributed by atoms with Crippen LogP contribution in [-0.2, 0) is 23.9 Å². The SMILES string of the molecule is COC(=O)CNC(=O)C(c1ccc(O)cc1)N(CCO)C(=O)C(NC(=O)OC(C)(C)C)C(C)C. The van der Waals surface area contributed by atoms with Gasteiger partial charge in [0.05, 0.1) is 13.7 Å². The van der Waals surface area contributed by atoms with E-state index in [2.05, 4.69) is 15.4 Å². The predicted molar refractivity (Wildman–Crippen MR) is 123 cm³/mol. The van der Waals surface area contributed by atoms with E-state index in [0.717, 1.165) is 4.90 Å². The fraction of sp³-hybridized carbons (Fsp3) is 0.565. The molecule has 1 aromatic carbocycles. The third kappa shape index (κ3) is 8.89. The zero-order valence-corrected chi connectivity index (χ0v) is 20.5. The Kier molecular flexibility index (Phi) is 10.8. The zero-order chi connectivity index (χ0) is 26.1. The number of methoxy groups -OCH3 is 1. The number of phenolic OH excluding ortho intramolecular Hbond substituents is 1. The molecule has 3 amide bonds. The van der Waals surface area contributed by atoms with Crippen molar-refractivity contribution in [2.45, 2.75) is 52.3 Å². The van der Waals surface area contributed by atoms with Gasteiger partial charge in [0.15, 0.2) is 0 Å². The molecule has 0 aromatic heterocycles. The molecule has 190 valence electrons. The highest BCUT2D eigenvalue weighted by atomic mass is 16.6. The average molecular weight is 482 g/mol. The Morgan fingerprint density at radius 1 is 1.09 bits per heavy atom. The van der Waals surface area contributed by atoms with Gasteiger partial charge >= 0.3 is 12.1 Å². The van der Waals surface area contributed by atoms with E-state index in [1.54, 1.807) is 34.6 Å². The fourth-order valence-electron chi connectivity index (χ4n) is 3.06. The second-order valence-electron chi connectivity index (χ2n) is 8.91. The van der Waals surface area contributed by atoms with E-state index in [0.29, 0.717) is 5.56 Å². The molecule has 0 aliphatic carbocycles. The molecule has 1 aromatic rings. The Balaban J connectivity index is 3.36. The predicted octanol–water partition coefficient (Wildman–Crippen LogP) is 1.09. The smallest absolute Gasteiger partial charge is 0.408 e. The Morgan fingerprint density at radius 2 is 1.68 bits per heavy atom. The second-order valence-corrected chi connectivity index (χ2v) is 8.91. The maximum atomic E-state index is 13.6. The van der Waals surface area contributed by atoms with Gasteiger partial charge in [0.2, 0.25) is 11.8 Å². The quantitative estimate of drug-likeness (QED) is 0.362. The van der Waals surface area contributed by atoms with Gasteiger partial charge in [-0.2, -0.15) is 0 Å². The second kappa shape index (κ2) is 12.8. The third-order valence-electron chi connectivity index (χ3n) is 4.63. The summed E-state index contributed by atoms with van der Waals surface area (Å²) in [6.45, 7) is 7.33. The zero-order valence-electron chi connectivity index (χ0n) is 20.5. The summed E-state index contributed by atoms with van der Waals surface area (Å²) < 4.78 is 9.80. The van der Waals surface area contributed by atoms with Gasteiger partial charge in [-0.25, -0.2) is 4.79 Å². The number of amides is 3. The summed E-state index contributed by atoms with van der Waals surface area (Å²) in [7, 11) is 1.17. The minimum atomic E-state index is -1.27. The topological polar surface area (TPSA) is 154 Å². The van der Waals surface area contributed by atoms with Crippen LogP contribution in [0.1, 0.15) is 46.2 Å². The molecule has 1 rings (SSSR count). The molecule has 11 heteroatoms. The molecular weight excluding hydrogens is 446 g/mol. The molecule has 4 N–H and O–H groups in total. The van der Waals surface area contributed by atoms with Gasteiger partial charge in [-0.05, 0) is 44.4 Å². The third-order valence-corrected chi connectivity index (χ3v) is 4.63. The van der Waals surface area contributed by atoms with Crippen LogP contribution in [0.15, 0.2) is 24.3 Å². The molecule has 0 fully saturated rings. The summed E-state index contributed by atoms with van der Waals surface area (Å²) in [5.74, 6) is -2.48. The minimum Gasteiger partial charge on any atom is -0.508 e. The van der Waals surface area contributed by atoms with Gasteiger partial charge in [0.25, 0.3) is 0 Å². The summed E-state index contributed by atoms with van der Waals surface area (Å²) in [6.07, 6.45) is -0.806.